The van der Waals surface area contributed by atoms with Crippen molar-refractivity contribution in [2.24, 2.45) is 29.6 Å². The third-order valence-corrected chi connectivity index (χ3v) is 8.61. The Morgan fingerprint density at radius 3 is 1.63 bits per heavy atom. The predicted octanol–water partition coefficient (Wildman–Crippen LogP) is 8.16. The lowest BCUT2D eigenvalue weighted by molar-refractivity contribution is 0.150. The van der Waals surface area contributed by atoms with Crippen LogP contribution in [-0.2, 0) is 6.42 Å². The lowest BCUT2D eigenvalue weighted by atomic mass is 9.69. The molecule has 3 aliphatic carbocycles. The van der Waals surface area contributed by atoms with E-state index >= 15 is 0 Å². The Balaban J connectivity index is 1.23. The summed E-state index contributed by atoms with van der Waals surface area (Å²) in [5.41, 5.74) is 3.21. The van der Waals surface area contributed by atoms with Crippen LogP contribution < -0.4 is 0 Å². The van der Waals surface area contributed by atoms with Crippen LogP contribution in [0.3, 0.4) is 0 Å². The minimum Gasteiger partial charge on any atom is -0.0625 e. The summed E-state index contributed by atoms with van der Waals surface area (Å²) in [5.74, 6) is 5.86. The highest BCUT2D eigenvalue weighted by atomic mass is 14.4. The maximum absolute atomic E-state index is 2.46. The Morgan fingerprint density at radius 2 is 1.07 bits per heavy atom. The first kappa shape index (κ1) is 19.5. The Hall–Kier alpha value is -0.780. The molecule has 0 heteroatoms. The van der Waals surface area contributed by atoms with Crippen molar-refractivity contribution in [2.45, 2.75) is 103 Å². The fourth-order valence-electron chi connectivity index (χ4n) is 6.47. The molecule has 0 unspecified atom stereocenters. The van der Waals surface area contributed by atoms with Crippen molar-refractivity contribution in [2.75, 3.05) is 0 Å². The molecular formula is C27H42. The molecule has 1 aromatic rings. The molecule has 0 bridgehead atoms. The predicted molar refractivity (Wildman–Crippen MR) is 117 cm³/mol. The number of benzene rings is 1. The summed E-state index contributed by atoms with van der Waals surface area (Å²) in [6, 6.07) is 9.85. The van der Waals surface area contributed by atoms with Crippen LogP contribution in [0.15, 0.2) is 24.3 Å². The van der Waals surface area contributed by atoms with Gasteiger partial charge in [0.1, 0.15) is 0 Å². The highest BCUT2D eigenvalue weighted by Crippen LogP contribution is 2.42. The zero-order valence-corrected chi connectivity index (χ0v) is 18.0. The summed E-state index contributed by atoms with van der Waals surface area (Å²) in [7, 11) is 0. The number of hydrogen-bond donors (Lipinski definition) is 0. The van der Waals surface area contributed by atoms with Crippen molar-refractivity contribution in [3.05, 3.63) is 35.4 Å². The molecular weight excluding hydrogens is 324 g/mol. The van der Waals surface area contributed by atoms with Gasteiger partial charge < -0.3 is 0 Å². The molecule has 3 saturated carbocycles. The van der Waals surface area contributed by atoms with Gasteiger partial charge in [0.25, 0.3) is 0 Å². The molecule has 4 rings (SSSR count). The van der Waals surface area contributed by atoms with Crippen molar-refractivity contribution in [3.63, 3.8) is 0 Å². The summed E-state index contributed by atoms with van der Waals surface area (Å²) < 4.78 is 0. The average molecular weight is 367 g/mol. The number of hydrogen-bond acceptors (Lipinski definition) is 0. The summed E-state index contributed by atoms with van der Waals surface area (Å²) in [6.45, 7) is 4.87. The molecule has 0 atom stereocenters. The zero-order chi connectivity index (χ0) is 18.6. The molecule has 0 amide bonds. The van der Waals surface area contributed by atoms with Gasteiger partial charge >= 0.3 is 0 Å². The molecule has 3 fully saturated rings. The Kier molecular flexibility index (Phi) is 6.62. The van der Waals surface area contributed by atoms with Crippen LogP contribution in [0.25, 0.3) is 0 Å². The Morgan fingerprint density at radius 1 is 0.593 bits per heavy atom. The van der Waals surface area contributed by atoms with Crippen LogP contribution in [0, 0.1) is 29.6 Å². The minimum atomic E-state index is 0.837. The Labute approximate surface area is 168 Å². The van der Waals surface area contributed by atoms with Crippen LogP contribution >= 0.6 is 0 Å². The van der Waals surface area contributed by atoms with E-state index in [2.05, 4.69) is 38.1 Å². The van der Waals surface area contributed by atoms with Crippen molar-refractivity contribution >= 4 is 0 Å². The van der Waals surface area contributed by atoms with E-state index < -0.39 is 0 Å². The molecule has 0 saturated heterocycles. The average Bonchev–Trinajstić information content (AvgIpc) is 2.71. The lowest BCUT2D eigenvalue weighted by Gasteiger charge is -2.37. The smallest absolute Gasteiger partial charge is 0.0162 e. The van der Waals surface area contributed by atoms with Gasteiger partial charge in [0.15, 0.2) is 0 Å². The van der Waals surface area contributed by atoms with E-state index in [1.807, 2.05) is 0 Å². The SMILES string of the molecule is CC1CCC(c2ccc(CC3CCC(C4CCC(C)CC4)CC3)cc2)CC1. The molecule has 0 radical (unpaired) electrons. The van der Waals surface area contributed by atoms with E-state index in [1.54, 1.807) is 11.1 Å². The summed E-state index contributed by atoms with van der Waals surface area (Å²) in [4.78, 5) is 0. The maximum atomic E-state index is 2.46. The van der Waals surface area contributed by atoms with E-state index in [0.29, 0.717) is 0 Å². The monoisotopic (exact) mass is 366 g/mol. The molecule has 3 aliphatic rings. The van der Waals surface area contributed by atoms with E-state index in [9.17, 15) is 0 Å². The summed E-state index contributed by atoms with van der Waals surface area (Å²) >= 11 is 0. The number of rotatable bonds is 4. The van der Waals surface area contributed by atoms with E-state index in [1.165, 1.54) is 83.5 Å². The van der Waals surface area contributed by atoms with Crippen LogP contribution in [-0.4, -0.2) is 0 Å². The Bertz CT molecular complexity index is 546. The first-order valence-corrected chi connectivity index (χ1v) is 12.3. The molecule has 27 heavy (non-hydrogen) atoms. The van der Waals surface area contributed by atoms with Crippen LogP contribution in [0.5, 0.6) is 0 Å². The van der Waals surface area contributed by atoms with Gasteiger partial charge in [-0.25, -0.2) is 0 Å². The van der Waals surface area contributed by atoms with Crippen molar-refractivity contribution in [3.8, 4) is 0 Å². The van der Waals surface area contributed by atoms with Crippen molar-refractivity contribution < 1.29 is 0 Å². The molecule has 0 N–H and O–H groups in total. The lowest BCUT2D eigenvalue weighted by Crippen LogP contribution is -2.25. The van der Waals surface area contributed by atoms with E-state index in [-0.39, 0.29) is 0 Å². The summed E-state index contributed by atoms with van der Waals surface area (Å²) in [5, 5.41) is 0. The van der Waals surface area contributed by atoms with Crippen molar-refractivity contribution in [1.29, 1.82) is 0 Å². The van der Waals surface area contributed by atoms with Gasteiger partial charge in [0.05, 0.1) is 0 Å². The second-order valence-electron chi connectivity index (χ2n) is 10.7. The molecule has 0 nitrogen and oxygen atoms in total. The quantitative estimate of drug-likeness (QED) is 0.504. The van der Waals surface area contributed by atoms with Crippen molar-refractivity contribution in [1.82, 2.24) is 0 Å². The zero-order valence-electron chi connectivity index (χ0n) is 18.0. The van der Waals surface area contributed by atoms with Gasteiger partial charge in [-0.2, -0.15) is 0 Å². The third-order valence-electron chi connectivity index (χ3n) is 8.61. The molecule has 0 spiro atoms. The van der Waals surface area contributed by atoms with Gasteiger partial charge in [-0.3, -0.25) is 0 Å². The standard InChI is InChI=1S/C27H42/c1-20-3-11-24(12-4-20)26-15-7-22(8-16-26)19-23-9-17-27(18-10-23)25-13-5-21(2)6-14-25/h7-8,15-16,20-21,23-25,27H,3-6,9-14,17-19H2,1-2H3. The highest BCUT2D eigenvalue weighted by molar-refractivity contribution is 5.26. The van der Waals surface area contributed by atoms with Gasteiger partial charge in [-0.15, -0.1) is 0 Å². The van der Waals surface area contributed by atoms with Gasteiger partial charge in [0.2, 0.25) is 0 Å². The molecule has 0 aliphatic heterocycles. The first-order valence-electron chi connectivity index (χ1n) is 12.3. The van der Waals surface area contributed by atoms with Crippen LogP contribution in [0.4, 0.5) is 0 Å². The van der Waals surface area contributed by atoms with Gasteiger partial charge in [-0.05, 0) is 104 Å². The second-order valence-corrected chi connectivity index (χ2v) is 10.7. The molecule has 0 aromatic heterocycles. The second kappa shape index (κ2) is 9.15. The van der Waals surface area contributed by atoms with E-state index in [0.717, 1.165) is 35.5 Å². The van der Waals surface area contributed by atoms with E-state index in [4.69, 9.17) is 0 Å². The normalized spacial score (nSPS) is 37.9. The molecule has 1 aromatic carbocycles. The molecule has 150 valence electrons. The van der Waals surface area contributed by atoms with Crippen LogP contribution in [0.1, 0.15) is 108 Å². The third kappa shape index (κ3) is 5.18. The van der Waals surface area contributed by atoms with Crippen LogP contribution in [0.2, 0.25) is 0 Å². The topological polar surface area (TPSA) is 0 Å². The fourth-order valence-corrected chi connectivity index (χ4v) is 6.47. The minimum absolute atomic E-state index is 0.837. The maximum Gasteiger partial charge on any atom is -0.0162 e. The largest absolute Gasteiger partial charge is 0.0625 e. The molecule has 0 heterocycles. The summed E-state index contributed by atoms with van der Waals surface area (Å²) in [6.07, 6.45) is 19.0. The highest BCUT2D eigenvalue weighted by Gasteiger charge is 2.30. The fraction of sp³-hybridized carbons (Fsp3) is 0.778. The van der Waals surface area contributed by atoms with Gasteiger partial charge in [-0.1, -0.05) is 63.8 Å². The first-order chi connectivity index (χ1) is 13.2. The van der Waals surface area contributed by atoms with Gasteiger partial charge in [0, 0.05) is 0 Å².